The van der Waals surface area contributed by atoms with Crippen LogP contribution in [0.15, 0.2) is 22.7 Å². The Balaban J connectivity index is 2.04. The molecule has 19 heavy (non-hydrogen) atoms. The minimum Gasteiger partial charge on any atom is -0.489 e. The first kappa shape index (κ1) is 14.4. The molecule has 0 spiro atoms. The fourth-order valence-corrected chi connectivity index (χ4v) is 3.14. The van der Waals surface area contributed by atoms with E-state index in [0.717, 1.165) is 29.0 Å². The van der Waals surface area contributed by atoms with E-state index < -0.39 is 0 Å². The molecule has 0 saturated heterocycles. The fourth-order valence-electron chi connectivity index (χ4n) is 2.66. The van der Waals surface area contributed by atoms with Gasteiger partial charge in [-0.3, -0.25) is 5.41 Å². The van der Waals surface area contributed by atoms with Crippen molar-refractivity contribution in [3.63, 3.8) is 0 Å². The summed E-state index contributed by atoms with van der Waals surface area (Å²) >= 11 is 3.50. The van der Waals surface area contributed by atoms with Gasteiger partial charge in [0.2, 0.25) is 0 Å². The number of nitrogens with two attached hydrogens (primary N) is 1. The Morgan fingerprint density at radius 3 is 2.89 bits per heavy atom. The predicted octanol–water partition coefficient (Wildman–Crippen LogP) is 4.08. The van der Waals surface area contributed by atoms with Crippen molar-refractivity contribution in [2.24, 2.45) is 11.7 Å². The van der Waals surface area contributed by atoms with Gasteiger partial charge in [-0.15, -0.1) is 0 Å². The minimum absolute atomic E-state index is 0.0796. The molecule has 1 fully saturated rings. The molecule has 1 aliphatic rings. The van der Waals surface area contributed by atoms with Gasteiger partial charge in [-0.25, -0.2) is 0 Å². The minimum atomic E-state index is 0.0796. The van der Waals surface area contributed by atoms with Crippen molar-refractivity contribution in [2.75, 3.05) is 0 Å². The van der Waals surface area contributed by atoms with Crippen LogP contribution in [0.1, 0.15) is 44.6 Å². The van der Waals surface area contributed by atoms with Crippen molar-refractivity contribution in [1.82, 2.24) is 0 Å². The second-order valence-corrected chi connectivity index (χ2v) is 6.09. The quantitative estimate of drug-likeness (QED) is 0.647. The Morgan fingerprint density at radius 1 is 1.47 bits per heavy atom. The maximum Gasteiger partial charge on any atom is 0.133 e. The highest BCUT2D eigenvalue weighted by molar-refractivity contribution is 9.10. The molecule has 104 valence electrons. The zero-order valence-corrected chi connectivity index (χ0v) is 12.9. The molecule has 0 radical (unpaired) electrons. The van der Waals surface area contributed by atoms with E-state index in [-0.39, 0.29) is 5.84 Å². The molecular weight excluding hydrogens is 304 g/mol. The molecule has 1 aromatic rings. The summed E-state index contributed by atoms with van der Waals surface area (Å²) in [5.74, 6) is 1.73. The van der Waals surface area contributed by atoms with Crippen LogP contribution in [0.5, 0.6) is 5.75 Å². The second-order valence-electron chi connectivity index (χ2n) is 5.24. The van der Waals surface area contributed by atoms with Crippen molar-refractivity contribution in [2.45, 2.75) is 45.1 Å². The van der Waals surface area contributed by atoms with Crippen molar-refractivity contribution in [1.29, 1.82) is 5.41 Å². The molecule has 0 amide bonds. The van der Waals surface area contributed by atoms with Gasteiger partial charge in [0.05, 0.1) is 10.6 Å². The standard InChI is InChI=1S/C15H21BrN2O/c1-2-10-4-3-5-12(8-10)19-14-7-6-11(15(17)18)9-13(14)16/h6-7,9-10,12H,2-5,8H2,1H3,(H3,17,18). The smallest absolute Gasteiger partial charge is 0.133 e. The van der Waals surface area contributed by atoms with Gasteiger partial charge in [0.1, 0.15) is 11.6 Å². The largest absolute Gasteiger partial charge is 0.489 e. The van der Waals surface area contributed by atoms with E-state index in [9.17, 15) is 0 Å². The first-order chi connectivity index (χ1) is 9.10. The molecule has 1 saturated carbocycles. The van der Waals surface area contributed by atoms with Crippen LogP contribution >= 0.6 is 15.9 Å². The summed E-state index contributed by atoms with van der Waals surface area (Å²) in [5, 5.41) is 7.42. The van der Waals surface area contributed by atoms with Gasteiger partial charge >= 0.3 is 0 Å². The van der Waals surface area contributed by atoms with Crippen LogP contribution in [-0.2, 0) is 0 Å². The van der Waals surface area contributed by atoms with Crippen LogP contribution in [0.4, 0.5) is 0 Å². The van der Waals surface area contributed by atoms with E-state index in [0.29, 0.717) is 11.7 Å². The van der Waals surface area contributed by atoms with Gasteiger partial charge in [-0.2, -0.15) is 0 Å². The van der Waals surface area contributed by atoms with E-state index >= 15 is 0 Å². The number of rotatable bonds is 4. The van der Waals surface area contributed by atoms with Crippen LogP contribution in [0, 0.1) is 11.3 Å². The predicted molar refractivity (Wildman–Crippen MR) is 81.8 cm³/mol. The number of nitrogens with one attached hydrogen (secondary N) is 1. The summed E-state index contributed by atoms with van der Waals surface area (Å²) in [4.78, 5) is 0. The average molecular weight is 325 g/mol. The normalized spacial score (nSPS) is 23.1. The molecule has 0 aliphatic heterocycles. The van der Waals surface area contributed by atoms with E-state index in [4.69, 9.17) is 15.9 Å². The Morgan fingerprint density at radius 2 is 2.26 bits per heavy atom. The molecule has 2 rings (SSSR count). The van der Waals surface area contributed by atoms with E-state index in [2.05, 4.69) is 22.9 Å². The van der Waals surface area contributed by atoms with Crippen LogP contribution in [-0.4, -0.2) is 11.9 Å². The second kappa shape index (κ2) is 6.42. The number of hydrogen-bond donors (Lipinski definition) is 2. The zero-order valence-electron chi connectivity index (χ0n) is 11.3. The van der Waals surface area contributed by atoms with Gasteiger partial charge in [0.15, 0.2) is 0 Å². The van der Waals surface area contributed by atoms with E-state index in [1.54, 1.807) is 0 Å². The SMILES string of the molecule is CCC1CCCC(Oc2ccc(C(=N)N)cc2Br)C1. The Bertz CT molecular complexity index is 461. The molecule has 1 aromatic carbocycles. The highest BCUT2D eigenvalue weighted by Crippen LogP contribution is 2.33. The van der Waals surface area contributed by atoms with Crippen molar-refractivity contribution < 1.29 is 4.74 Å². The van der Waals surface area contributed by atoms with Crippen LogP contribution in [0.3, 0.4) is 0 Å². The third kappa shape index (κ3) is 3.72. The summed E-state index contributed by atoms with van der Waals surface area (Å²) in [7, 11) is 0. The highest BCUT2D eigenvalue weighted by atomic mass is 79.9. The maximum atomic E-state index is 7.42. The summed E-state index contributed by atoms with van der Waals surface area (Å²) in [6.07, 6.45) is 6.44. The fraction of sp³-hybridized carbons (Fsp3) is 0.533. The monoisotopic (exact) mass is 324 g/mol. The molecule has 2 atom stereocenters. The van der Waals surface area contributed by atoms with Gasteiger partial charge in [0.25, 0.3) is 0 Å². The highest BCUT2D eigenvalue weighted by Gasteiger charge is 2.22. The molecule has 3 nitrogen and oxygen atoms in total. The lowest BCUT2D eigenvalue weighted by atomic mass is 9.85. The molecule has 0 aromatic heterocycles. The topological polar surface area (TPSA) is 59.1 Å². The molecule has 4 heteroatoms. The van der Waals surface area contributed by atoms with Gasteiger partial charge in [-0.05, 0) is 59.3 Å². The van der Waals surface area contributed by atoms with Gasteiger partial charge in [0, 0.05) is 5.56 Å². The number of ether oxygens (including phenoxy) is 1. The third-order valence-electron chi connectivity index (χ3n) is 3.85. The number of hydrogen-bond acceptors (Lipinski definition) is 2. The maximum absolute atomic E-state index is 7.42. The van der Waals surface area contributed by atoms with Crippen LogP contribution in [0.2, 0.25) is 0 Å². The molecule has 3 N–H and O–H groups in total. The molecule has 2 unspecified atom stereocenters. The Hall–Kier alpha value is -1.03. The first-order valence-corrected chi connectivity index (χ1v) is 7.70. The summed E-state index contributed by atoms with van der Waals surface area (Å²) in [6.45, 7) is 2.25. The first-order valence-electron chi connectivity index (χ1n) is 6.90. The summed E-state index contributed by atoms with van der Waals surface area (Å²) < 4.78 is 6.97. The molecular formula is C15H21BrN2O. The number of halogens is 1. The average Bonchev–Trinajstić information content (AvgIpc) is 2.41. The number of nitrogen functional groups attached to an aromatic ring is 1. The van der Waals surface area contributed by atoms with Crippen LogP contribution in [0.25, 0.3) is 0 Å². The van der Waals surface area contributed by atoms with Gasteiger partial charge < -0.3 is 10.5 Å². The van der Waals surface area contributed by atoms with Crippen molar-refractivity contribution >= 4 is 21.8 Å². The Labute approximate surface area is 123 Å². The summed E-state index contributed by atoms with van der Waals surface area (Å²) in [5.41, 5.74) is 6.19. The molecule has 1 aliphatic carbocycles. The summed E-state index contributed by atoms with van der Waals surface area (Å²) in [6, 6.07) is 5.58. The molecule has 0 bridgehead atoms. The zero-order chi connectivity index (χ0) is 13.8. The van der Waals surface area contributed by atoms with E-state index in [1.165, 1.54) is 19.3 Å². The lowest BCUT2D eigenvalue weighted by molar-refractivity contribution is 0.121. The van der Waals surface area contributed by atoms with Crippen molar-refractivity contribution in [3.8, 4) is 5.75 Å². The number of amidine groups is 1. The lowest BCUT2D eigenvalue weighted by Crippen LogP contribution is -2.25. The third-order valence-corrected chi connectivity index (χ3v) is 4.47. The van der Waals surface area contributed by atoms with E-state index in [1.807, 2.05) is 18.2 Å². The van der Waals surface area contributed by atoms with Crippen molar-refractivity contribution in [3.05, 3.63) is 28.2 Å². The number of benzene rings is 1. The Kier molecular flexibility index (Phi) is 4.86. The lowest BCUT2D eigenvalue weighted by Gasteiger charge is -2.29. The van der Waals surface area contributed by atoms with Gasteiger partial charge in [-0.1, -0.05) is 19.8 Å². The van der Waals surface area contributed by atoms with Crippen LogP contribution < -0.4 is 10.5 Å². The molecule has 0 heterocycles.